The van der Waals surface area contributed by atoms with Gasteiger partial charge < -0.3 is 5.11 Å². The Labute approximate surface area is 48.2 Å². The molecule has 8 heavy (non-hydrogen) atoms. The minimum Gasteiger partial charge on any atom is -0.376 e. The van der Waals surface area contributed by atoms with Gasteiger partial charge in [-0.15, -0.1) is 0 Å². The van der Waals surface area contributed by atoms with Crippen LogP contribution in [0.4, 0.5) is 0 Å². The summed E-state index contributed by atoms with van der Waals surface area (Å²) in [6.45, 7) is 4.78. The summed E-state index contributed by atoms with van der Waals surface area (Å²) in [5.41, 5.74) is 0.544. The third-order valence-electron chi connectivity index (χ3n) is 0.770. The van der Waals surface area contributed by atoms with E-state index in [0.29, 0.717) is 12.1 Å². The Balaban J connectivity index is 3.69. The van der Waals surface area contributed by atoms with Gasteiger partial charge in [0.05, 0.1) is 0 Å². The number of hydrogen-bond acceptors (Lipinski definition) is 2. The van der Waals surface area contributed by atoms with Crippen LogP contribution in [0.15, 0.2) is 12.3 Å². The quantitative estimate of drug-likeness (QED) is 0.413. The monoisotopic (exact) mass is 115 g/mol. The number of amides is 1. The van der Waals surface area contributed by atoms with Crippen molar-refractivity contribution in [3.05, 3.63) is 12.3 Å². The molecule has 0 bridgehead atoms. The summed E-state index contributed by atoms with van der Waals surface area (Å²) >= 11 is 0. The van der Waals surface area contributed by atoms with Crippen molar-refractivity contribution in [2.24, 2.45) is 0 Å². The first kappa shape index (κ1) is 7.17. The third-order valence-corrected chi connectivity index (χ3v) is 0.770. The van der Waals surface area contributed by atoms with Gasteiger partial charge in [-0.2, -0.15) is 0 Å². The second kappa shape index (κ2) is 3.21. The Hall–Kier alpha value is -0.830. The first-order chi connectivity index (χ1) is 3.72. The van der Waals surface area contributed by atoms with Crippen LogP contribution in [0.2, 0.25) is 0 Å². The molecule has 0 radical (unpaired) electrons. The fourth-order valence-electron chi connectivity index (χ4n) is 0.244. The maximum Gasteiger partial charge on any atom is 0.215 e. The summed E-state index contributed by atoms with van der Waals surface area (Å²) in [4.78, 5) is 11.0. The second-order valence-electron chi connectivity index (χ2n) is 1.45. The Bertz CT molecular complexity index is 101. The molecule has 0 unspecified atom stereocenters. The van der Waals surface area contributed by atoms with Gasteiger partial charge in [0.25, 0.3) is 0 Å². The SMILES string of the molecule is C=C(C)N(C=O)CO. The van der Waals surface area contributed by atoms with Crippen molar-refractivity contribution in [3.8, 4) is 0 Å². The van der Waals surface area contributed by atoms with E-state index in [0.717, 1.165) is 4.90 Å². The highest BCUT2D eigenvalue weighted by atomic mass is 16.3. The summed E-state index contributed by atoms with van der Waals surface area (Å²) < 4.78 is 0. The molecule has 3 nitrogen and oxygen atoms in total. The Morgan fingerprint density at radius 2 is 2.50 bits per heavy atom. The van der Waals surface area contributed by atoms with Gasteiger partial charge in [-0.1, -0.05) is 6.58 Å². The van der Waals surface area contributed by atoms with Crippen molar-refractivity contribution >= 4 is 6.41 Å². The number of nitrogens with zero attached hydrogens (tertiary/aromatic N) is 1. The van der Waals surface area contributed by atoms with E-state index in [4.69, 9.17) is 5.11 Å². The lowest BCUT2D eigenvalue weighted by molar-refractivity contribution is -0.119. The van der Waals surface area contributed by atoms with Crippen LogP contribution in [0.25, 0.3) is 0 Å². The number of hydrogen-bond donors (Lipinski definition) is 1. The van der Waals surface area contributed by atoms with Crippen LogP contribution in [0.5, 0.6) is 0 Å². The maximum absolute atomic E-state index is 9.88. The highest BCUT2D eigenvalue weighted by Crippen LogP contribution is 1.91. The van der Waals surface area contributed by atoms with Gasteiger partial charge in [0.2, 0.25) is 6.41 Å². The van der Waals surface area contributed by atoms with Crippen LogP contribution in [0.1, 0.15) is 6.92 Å². The molecule has 0 aromatic heterocycles. The number of aliphatic hydroxyl groups excluding tert-OH is 1. The largest absolute Gasteiger partial charge is 0.376 e. The third kappa shape index (κ3) is 1.75. The van der Waals surface area contributed by atoms with Gasteiger partial charge in [0.1, 0.15) is 6.73 Å². The van der Waals surface area contributed by atoms with Crippen molar-refractivity contribution in [1.82, 2.24) is 4.90 Å². The van der Waals surface area contributed by atoms with Crippen LogP contribution in [-0.4, -0.2) is 23.1 Å². The minimum absolute atomic E-state index is 0.293. The highest BCUT2D eigenvalue weighted by Gasteiger charge is 1.95. The topological polar surface area (TPSA) is 40.5 Å². The van der Waals surface area contributed by atoms with Gasteiger partial charge in [-0.05, 0) is 6.92 Å². The van der Waals surface area contributed by atoms with E-state index in [1.54, 1.807) is 6.92 Å². The first-order valence-corrected chi connectivity index (χ1v) is 2.20. The zero-order chi connectivity index (χ0) is 6.57. The molecule has 1 N–H and O–H groups in total. The maximum atomic E-state index is 9.88. The fraction of sp³-hybridized carbons (Fsp3) is 0.400. The van der Waals surface area contributed by atoms with E-state index in [-0.39, 0.29) is 6.73 Å². The summed E-state index contributed by atoms with van der Waals surface area (Å²) in [7, 11) is 0. The average Bonchev–Trinajstić information content (AvgIpc) is 1.69. The van der Waals surface area contributed by atoms with E-state index >= 15 is 0 Å². The summed E-state index contributed by atoms with van der Waals surface area (Å²) in [5, 5.41) is 8.33. The van der Waals surface area contributed by atoms with Gasteiger partial charge in [-0.25, -0.2) is 0 Å². The van der Waals surface area contributed by atoms with Gasteiger partial charge in [-0.3, -0.25) is 9.69 Å². The number of carbonyl (C=O) groups is 1. The van der Waals surface area contributed by atoms with E-state index < -0.39 is 0 Å². The summed E-state index contributed by atoms with van der Waals surface area (Å²) in [5.74, 6) is 0. The molecule has 0 fully saturated rings. The summed E-state index contributed by atoms with van der Waals surface area (Å²) in [6, 6.07) is 0. The van der Waals surface area contributed by atoms with Crippen LogP contribution >= 0.6 is 0 Å². The normalized spacial score (nSPS) is 8.25. The molecule has 0 rings (SSSR count). The average molecular weight is 115 g/mol. The van der Waals surface area contributed by atoms with Crippen LogP contribution in [0, 0.1) is 0 Å². The minimum atomic E-state index is -0.293. The number of rotatable bonds is 3. The van der Waals surface area contributed by atoms with Crippen molar-refractivity contribution in [2.75, 3.05) is 6.73 Å². The van der Waals surface area contributed by atoms with Crippen molar-refractivity contribution in [2.45, 2.75) is 6.92 Å². The molecule has 0 aromatic rings. The molecule has 0 heterocycles. The highest BCUT2D eigenvalue weighted by molar-refractivity contribution is 5.49. The molecule has 0 atom stereocenters. The number of carbonyl (C=O) groups excluding carboxylic acids is 1. The first-order valence-electron chi connectivity index (χ1n) is 2.20. The predicted octanol–water partition coefficient (Wildman–Crippen LogP) is -0.0718. The smallest absolute Gasteiger partial charge is 0.215 e. The standard InChI is InChI=1S/C5H9NO2/c1-5(2)6(3-7)4-8/h3,8H,1,4H2,2H3. The lowest BCUT2D eigenvalue weighted by Crippen LogP contribution is -2.19. The molecule has 46 valence electrons. The zero-order valence-electron chi connectivity index (χ0n) is 4.79. The van der Waals surface area contributed by atoms with Crippen LogP contribution in [0.3, 0.4) is 0 Å². The molecule has 0 spiro atoms. The molecular formula is C5H9NO2. The van der Waals surface area contributed by atoms with Crippen molar-refractivity contribution in [3.63, 3.8) is 0 Å². The van der Waals surface area contributed by atoms with Crippen molar-refractivity contribution < 1.29 is 9.90 Å². The van der Waals surface area contributed by atoms with Gasteiger partial charge in [0.15, 0.2) is 0 Å². The lowest BCUT2D eigenvalue weighted by atomic mass is 10.5. The number of allylic oxidation sites excluding steroid dienone is 1. The van der Waals surface area contributed by atoms with Crippen LogP contribution < -0.4 is 0 Å². The molecule has 3 heteroatoms. The van der Waals surface area contributed by atoms with Crippen LogP contribution in [-0.2, 0) is 4.79 Å². The predicted molar refractivity (Wildman–Crippen MR) is 29.8 cm³/mol. The van der Waals surface area contributed by atoms with E-state index in [1.165, 1.54) is 0 Å². The lowest BCUT2D eigenvalue weighted by Gasteiger charge is -2.11. The molecule has 0 saturated heterocycles. The molecule has 1 amide bonds. The number of aliphatic hydroxyl groups is 1. The second-order valence-corrected chi connectivity index (χ2v) is 1.45. The molecule has 0 aromatic carbocycles. The van der Waals surface area contributed by atoms with E-state index in [2.05, 4.69) is 6.58 Å². The molecule has 0 saturated carbocycles. The summed E-state index contributed by atoms with van der Waals surface area (Å²) in [6.07, 6.45) is 0.530. The Kier molecular flexibility index (Phi) is 2.88. The van der Waals surface area contributed by atoms with E-state index in [1.807, 2.05) is 0 Å². The molecule has 0 aliphatic carbocycles. The molecular weight excluding hydrogens is 106 g/mol. The van der Waals surface area contributed by atoms with Gasteiger partial charge in [0, 0.05) is 5.70 Å². The molecule has 0 aliphatic rings. The molecule has 0 aliphatic heterocycles. The Morgan fingerprint density at radius 1 is 2.00 bits per heavy atom. The van der Waals surface area contributed by atoms with E-state index in [9.17, 15) is 4.79 Å². The van der Waals surface area contributed by atoms with Gasteiger partial charge >= 0.3 is 0 Å². The zero-order valence-corrected chi connectivity index (χ0v) is 4.79. The van der Waals surface area contributed by atoms with Crippen molar-refractivity contribution in [1.29, 1.82) is 0 Å². The fourth-order valence-corrected chi connectivity index (χ4v) is 0.244. The Morgan fingerprint density at radius 3 is 2.50 bits per heavy atom.